The summed E-state index contributed by atoms with van der Waals surface area (Å²) in [4.78, 5) is 39.8. The van der Waals surface area contributed by atoms with Crippen molar-refractivity contribution in [3.05, 3.63) is 82.7 Å². The minimum atomic E-state index is -0.457. The Labute approximate surface area is 193 Å². The van der Waals surface area contributed by atoms with Crippen molar-refractivity contribution in [2.45, 2.75) is 34.1 Å². The van der Waals surface area contributed by atoms with Crippen LogP contribution < -0.4 is 15.6 Å². The summed E-state index contributed by atoms with van der Waals surface area (Å²) in [5.41, 5.74) is 8.73. The first-order chi connectivity index (χ1) is 15.7. The third kappa shape index (κ3) is 4.67. The lowest BCUT2D eigenvalue weighted by molar-refractivity contribution is -0.122. The summed E-state index contributed by atoms with van der Waals surface area (Å²) in [5.74, 6) is -1.03. The van der Waals surface area contributed by atoms with Gasteiger partial charge in [-0.2, -0.15) is 0 Å². The molecule has 2 aromatic carbocycles. The SMILES string of the molecule is Cc1ccc(N2C[C@@H](C(=O)Nc3cccc(C(=O)Nn4c(C)ccc4C)c3)CC2=O)cc1C. The van der Waals surface area contributed by atoms with E-state index in [1.165, 1.54) is 0 Å². The van der Waals surface area contributed by atoms with E-state index in [9.17, 15) is 14.4 Å². The van der Waals surface area contributed by atoms with Gasteiger partial charge in [-0.05, 0) is 81.3 Å². The maximum atomic E-state index is 12.9. The highest BCUT2D eigenvalue weighted by Gasteiger charge is 2.35. The first-order valence-electron chi connectivity index (χ1n) is 11.0. The minimum absolute atomic E-state index is 0.0657. The van der Waals surface area contributed by atoms with E-state index in [4.69, 9.17) is 0 Å². The van der Waals surface area contributed by atoms with Crippen LogP contribution in [-0.2, 0) is 9.59 Å². The smallest absolute Gasteiger partial charge is 0.270 e. The molecule has 1 fully saturated rings. The summed E-state index contributed by atoms with van der Waals surface area (Å²) in [6, 6.07) is 16.5. The van der Waals surface area contributed by atoms with Crippen LogP contribution in [0.4, 0.5) is 11.4 Å². The molecule has 3 amide bonds. The van der Waals surface area contributed by atoms with Crippen molar-refractivity contribution in [2.24, 2.45) is 5.92 Å². The molecule has 3 aromatic rings. The zero-order valence-electron chi connectivity index (χ0n) is 19.3. The standard InChI is InChI=1S/C26H28N4O3/c1-16-8-11-23(12-17(16)2)29-15-21(14-24(29)31)25(32)27-22-7-5-6-20(13-22)26(33)28-30-18(3)9-10-19(30)4/h5-13,21H,14-15H2,1-4H3,(H,27,32)(H,28,33)/t21-/m0/s1. The molecule has 1 aliphatic heterocycles. The van der Waals surface area contributed by atoms with Gasteiger partial charge < -0.3 is 10.2 Å². The van der Waals surface area contributed by atoms with Gasteiger partial charge in [0.25, 0.3) is 5.91 Å². The molecular weight excluding hydrogens is 416 g/mol. The Kier molecular flexibility index (Phi) is 6.05. The summed E-state index contributed by atoms with van der Waals surface area (Å²) < 4.78 is 1.72. The fourth-order valence-electron chi connectivity index (χ4n) is 4.02. The van der Waals surface area contributed by atoms with E-state index in [1.807, 2.05) is 58.0 Å². The van der Waals surface area contributed by atoms with Crippen LogP contribution in [0, 0.1) is 33.6 Å². The van der Waals surface area contributed by atoms with E-state index < -0.39 is 5.92 Å². The molecule has 1 aliphatic rings. The first kappa shape index (κ1) is 22.3. The molecule has 1 atom stereocenters. The van der Waals surface area contributed by atoms with Crippen molar-refractivity contribution >= 4 is 29.1 Å². The third-order valence-electron chi connectivity index (χ3n) is 6.17. The van der Waals surface area contributed by atoms with E-state index in [0.29, 0.717) is 17.8 Å². The third-order valence-corrected chi connectivity index (χ3v) is 6.17. The summed E-state index contributed by atoms with van der Waals surface area (Å²) in [6.07, 6.45) is 0.158. The Balaban J connectivity index is 1.43. The fraction of sp³-hybridized carbons (Fsp3) is 0.269. The molecule has 1 saturated heterocycles. The second-order valence-corrected chi connectivity index (χ2v) is 8.64. The van der Waals surface area contributed by atoms with Crippen molar-refractivity contribution in [2.75, 3.05) is 22.2 Å². The van der Waals surface area contributed by atoms with E-state index >= 15 is 0 Å². The average molecular weight is 445 g/mol. The zero-order chi connectivity index (χ0) is 23.7. The van der Waals surface area contributed by atoms with Crippen LogP contribution in [-0.4, -0.2) is 28.9 Å². The number of benzene rings is 2. The van der Waals surface area contributed by atoms with Crippen molar-refractivity contribution in [1.29, 1.82) is 0 Å². The van der Waals surface area contributed by atoms with Gasteiger partial charge in [0.2, 0.25) is 11.8 Å². The van der Waals surface area contributed by atoms with Crippen molar-refractivity contribution in [1.82, 2.24) is 4.68 Å². The Hall–Kier alpha value is -3.87. The largest absolute Gasteiger partial charge is 0.326 e. The Morgan fingerprint density at radius 1 is 0.909 bits per heavy atom. The van der Waals surface area contributed by atoms with Gasteiger partial charge in [0.15, 0.2) is 0 Å². The van der Waals surface area contributed by atoms with Gasteiger partial charge in [-0.25, -0.2) is 0 Å². The lowest BCUT2D eigenvalue weighted by Crippen LogP contribution is -2.28. The number of nitrogens with one attached hydrogen (secondary N) is 2. The number of carbonyl (C=O) groups is 3. The van der Waals surface area contributed by atoms with E-state index in [2.05, 4.69) is 10.7 Å². The predicted molar refractivity (Wildman–Crippen MR) is 129 cm³/mol. The number of rotatable bonds is 5. The molecule has 2 N–H and O–H groups in total. The quantitative estimate of drug-likeness (QED) is 0.622. The molecule has 2 heterocycles. The molecule has 1 aromatic heterocycles. The van der Waals surface area contributed by atoms with Gasteiger partial charge in [0.1, 0.15) is 0 Å². The van der Waals surface area contributed by atoms with Crippen molar-refractivity contribution < 1.29 is 14.4 Å². The second-order valence-electron chi connectivity index (χ2n) is 8.64. The zero-order valence-corrected chi connectivity index (χ0v) is 19.3. The molecule has 7 heteroatoms. The topological polar surface area (TPSA) is 83.4 Å². The molecule has 0 aliphatic carbocycles. The monoisotopic (exact) mass is 444 g/mol. The maximum absolute atomic E-state index is 12.9. The molecule has 33 heavy (non-hydrogen) atoms. The summed E-state index contributed by atoms with van der Waals surface area (Å²) in [6.45, 7) is 8.18. The van der Waals surface area contributed by atoms with E-state index in [0.717, 1.165) is 28.2 Å². The van der Waals surface area contributed by atoms with Crippen LogP contribution >= 0.6 is 0 Å². The molecule has 0 saturated carbocycles. The van der Waals surface area contributed by atoms with Crippen LogP contribution in [0.25, 0.3) is 0 Å². The number of aromatic nitrogens is 1. The highest BCUT2D eigenvalue weighted by atomic mass is 16.2. The molecule has 0 unspecified atom stereocenters. The highest BCUT2D eigenvalue weighted by molar-refractivity contribution is 6.05. The normalized spacial score (nSPS) is 15.6. The Bertz CT molecular complexity index is 1220. The first-order valence-corrected chi connectivity index (χ1v) is 11.0. The number of hydrogen-bond acceptors (Lipinski definition) is 3. The van der Waals surface area contributed by atoms with Gasteiger partial charge in [-0.1, -0.05) is 12.1 Å². The van der Waals surface area contributed by atoms with Gasteiger partial charge in [0, 0.05) is 41.3 Å². The number of hydrogen-bond donors (Lipinski definition) is 2. The van der Waals surface area contributed by atoms with Crippen LogP contribution in [0.5, 0.6) is 0 Å². The number of amides is 3. The van der Waals surface area contributed by atoms with E-state index in [-0.39, 0.29) is 24.1 Å². The summed E-state index contributed by atoms with van der Waals surface area (Å²) >= 11 is 0. The number of nitrogens with zero attached hydrogens (tertiary/aromatic N) is 2. The molecular formula is C26H28N4O3. The van der Waals surface area contributed by atoms with Gasteiger partial charge in [-0.15, -0.1) is 0 Å². The van der Waals surface area contributed by atoms with Gasteiger partial charge >= 0.3 is 0 Å². The van der Waals surface area contributed by atoms with E-state index in [1.54, 1.807) is 33.8 Å². The summed E-state index contributed by atoms with van der Waals surface area (Å²) in [5, 5.41) is 2.87. The van der Waals surface area contributed by atoms with Crippen LogP contribution in [0.3, 0.4) is 0 Å². The second kappa shape index (κ2) is 8.94. The fourth-order valence-corrected chi connectivity index (χ4v) is 4.02. The molecule has 0 radical (unpaired) electrons. The molecule has 170 valence electrons. The van der Waals surface area contributed by atoms with Gasteiger partial charge in [-0.3, -0.25) is 24.5 Å². The number of aryl methyl sites for hydroxylation is 4. The molecule has 0 spiro atoms. The molecule has 4 rings (SSSR count). The van der Waals surface area contributed by atoms with Crippen LogP contribution in [0.1, 0.15) is 39.3 Å². The number of carbonyl (C=O) groups excluding carboxylic acids is 3. The number of anilines is 2. The van der Waals surface area contributed by atoms with Crippen molar-refractivity contribution in [3.8, 4) is 0 Å². The minimum Gasteiger partial charge on any atom is -0.326 e. The Morgan fingerprint density at radius 2 is 1.64 bits per heavy atom. The lowest BCUT2D eigenvalue weighted by atomic mass is 10.1. The molecule has 0 bridgehead atoms. The summed E-state index contributed by atoms with van der Waals surface area (Å²) in [7, 11) is 0. The maximum Gasteiger partial charge on any atom is 0.270 e. The Morgan fingerprint density at radius 3 is 2.33 bits per heavy atom. The average Bonchev–Trinajstić information content (AvgIpc) is 3.33. The van der Waals surface area contributed by atoms with Crippen LogP contribution in [0.2, 0.25) is 0 Å². The van der Waals surface area contributed by atoms with Crippen LogP contribution in [0.15, 0.2) is 54.6 Å². The highest BCUT2D eigenvalue weighted by Crippen LogP contribution is 2.27. The lowest BCUT2D eigenvalue weighted by Gasteiger charge is -2.18. The van der Waals surface area contributed by atoms with Gasteiger partial charge in [0.05, 0.1) is 5.92 Å². The predicted octanol–water partition coefficient (Wildman–Crippen LogP) is 4.10. The van der Waals surface area contributed by atoms with Crippen molar-refractivity contribution in [3.63, 3.8) is 0 Å². The molecule has 7 nitrogen and oxygen atoms in total.